The summed E-state index contributed by atoms with van der Waals surface area (Å²) in [6, 6.07) is 0. The molecule has 0 aliphatic carbocycles. The minimum atomic E-state index is -4.96. The van der Waals surface area contributed by atoms with E-state index in [1.807, 2.05) is 0 Å². The van der Waals surface area contributed by atoms with Gasteiger partial charge in [-0.15, -0.1) is 0 Å². The molecule has 0 amide bonds. The Morgan fingerprint density at radius 2 is 0.377 bits per heavy atom. The van der Waals surface area contributed by atoms with E-state index in [0.29, 0.717) is 25.7 Å². The standard InChI is InChI=1S/C87H170O17P2/c1-5-9-13-17-21-25-28-31-34-37-40-41-42-45-48-51-54-58-62-66-70-74-87(92)104-83(78-98-85(90)72-68-64-60-56-52-49-46-43-38-35-32-29-26-22-18-14-10-6-2)80-102-106(95,96)100-76-81(88)75-99-105(93,94)101-79-82(77-97-84(89)71-67-63-59-55-24-20-16-12-8-4)103-86(91)73-69-65-61-57-53-50-47-44-39-36-33-30-27-23-19-15-11-7-3/h81-83,88H,5-80H2,1-4H3,(H,93,94)(H,95,96)/t81-,82+,83+/m0/s1. The fourth-order valence-electron chi connectivity index (χ4n) is 13.7. The Hall–Kier alpha value is -1.94. The van der Waals surface area contributed by atoms with Crippen molar-refractivity contribution >= 4 is 39.5 Å². The maximum atomic E-state index is 13.1. The summed E-state index contributed by atoms with van der Waals surface area (Å²) in [7, 11) is -9.92. The Kier molecular flexibility index (Phi) is 79.6. The van der Waals surface area contributed by atoms with Crippen LogP contribution in [0.1, 0.15) is 477 Å². The van der Waals surface area contributed by atoms with Gasteiger partial charge in [-0.1, -0.05) is 426 Å². The highest BCUT2D eigenvalue weighted by Crippen LogP contribution is 2.45. The van der Waals surface area contributed by atoms with Gasteiger partial charge in [-0.25, -0.2) is 9.13 Å². The highest BCUT2D eigenvalue weighted by atomic mass is 31.2. The van der Waals surface area contributed by atoms with Gasteiger partial charge in [0.15, 0.2) is 12.2 Å². The second-order valence-electron chi connectivity index (χ2n) is 31.3. The summed E-state index contributed by atoms with van der Waals surface area (Å²) in [5.41, 5.74) is 0. The smallest absolute Gasteiger partial charge is 0.462 e. The molecule has 0 heterocycles. The molecule has 19 heteroatoms. The van der Waals surface area contributed by atoms with Crippen LogP contribution in [0, 0.1) is 0 Å². The first-order valence-corrected chi connectivity index (χ1v) is 48.3. The van der Waals surface area contributed by atoms with Crippen LogP contribution in [0.3, 0.4) is 0 Å². The summed E-state index contributed by atoms with van der Waals surface area (Å²) in [5.74, 6) is -2.10. The molecule has 0 aromatic heterocycles. The molecular weight excluding hydrogens is 1380 g/mol. The van der Waals surface area contributed by atoms with Gasteiger partial charge in [0.2, 0.25) is 0 Å². The number of carbonyl (C=O) groups excluding carboxylic acids is 4. The van der Waals surface area contributed by atoms with E-state index in [9.17, 15) is 43.2 Å². The van der Waals surface area contributed by atoms with Gasteiger partial charge in [0.05, 0.1) is 26.4 Å². The first-order valence-electron chi connectivity index (χ1n) is 45.3. The zero-order chi connectivity index (χ0) is 77.4. The van der Waals surface area contributed by atoms with Crippen LogP contribution in [0.5, 0.6) is 0 Å². The van der Waals surface area contributed by atoms with Gasteiger partial charge >= 0.3 is 39.5 Å². The first-order chi connectivity index (χ1) is 51.7. The first kappa shape index (κ1) is 104. The second kappa shape index (κ2) is 81.1. The zero-order valence-electron chi connectivity index (χ0n) is 69.4. The van der Waals surface area contributed by atoms with E-state index in [4.69, 9.17) is 37.0 Å². The van der Waals surface area contributed by atoms with Crippen molar-refractivity contribution in [3.8, 4) is 0 Å². The van der Waals surface area contributed by atoms with Crippen LogP contribution >= 0.6 is 15.6 Å². The van der Waals surface area contributed by atoms with Crippen molar-refractivity contribution in [1.29, 1.82) is 0 Å². The quantitative estimate of drug-likeness (QED) is 0.0222. The molecule has 630 valence electrons. The van der Waals surface area contributed by atoms with Crippen molar-refractivity contribution in [1.82, 2.24) is 0 Å². The van der Waals surface area contributed by atoms with Crippen molar-refractivity contribution < 1.29 is 80.2 Å². The lowest BCUT2D eigenvalue weighted by Crippen LogP contribution is -2.30. The minimum Gasteiger partial charge on any atom is -0.462 e. The summed E-state index contributed by atoms with van der Waals surface area (Å²) in [6.07, 6.45) is 76.5. The van der Waals surface area contributed by atoms with E-state index < -0.39 is 97.5 Å². The number of ether oxygens (including phenoxy) is 4. The molecule has 17 nitrogen and oxygen atoms in total. The van der Waals surface area contributed by atoms with Crippen LogP contribution < -0.4 is 0 Å². The fraction of sp³-hybridized carbons (Fsp3) is 0.954. The van der Waals surface area contributed by atoms with Crippen LogP contribution in [0.25, 0.3) is 0 Å². The Morgan fingerprint density at radius 1 is 0.226 bits per heavy atom. The molecule has 0 saturated heterocycles. The van der Waals surface area contributed by atoms with Crippen LogP contribution in [-0.2, 0) is 65.4 Å². The molecule has 5 atom stereocenters. The van der Waals surface area contributed by atoms with Crippen molar-refractivity contribution in [3.63, 3.8) is 0 Å². The monoisotopic (exact) mass is 1550 g/mol. The Balaban J connectivity index is 5.20. The van der Waals surface area contributed by atoms with Gasteiger partial charge in [-0.3, -0.25) is 37.3 Å². The lowest BCUT2D eigenvalue weighted by atomic mass is 10.0. The number of hydrogen-bond acceptors (Lipinski definition) is 15. The molecule has 0 aliphatic rings. The van der Waals surface area contributed by atoms with E-state index in [-0.39, 0.29) is 25.7 Å². The number of unbranched alkanes of at least 4 members (excludes halogenated alkanes) is 62. The molecular formula is C87H170O17P2. The third-order valence-corrected chi connectivity index (χ3v) is 22.5. The average molecular weight is 1550 g/mol. The molecule has 3 N–H and O–H groups in total. The SMILES string of the molecule is CCCCCCCCCCCCCCCCCCCCCCCC(=O)O[C@H](COC(=O)CCCCCCCCCCCCCCCCCCCC)COP(=O)(O)OC[C@@H](O)COP(=O)(O)OC[C@@H](COC(=O)CCCCCCCCCCC)OC(=O)CCCCCCCCCCCCCCCCCCCC. The van der Waals surface area contributed by atoms with E-state index >= 15 is 0 Å². The van der Waals surface area contributed by atoms with Gasteiger partial charge in [0.25, 0.3) is 0 Å². The third kappa shape index (κ3) is 80.1. The van der Waals surface area contributed by atoms with Crippen molar-refractivity contribution in [2.75, 3.05) is 39.6 Å². The summed E-state index contributed by atoms with van der Waals surface area (Å²) in [4.78, 5) is 73.2. The Morgan fingerprint density at radius 3 is 0.557 bits per heavy atom. The average Bonchev–Trinajstić information content (AvgIpc) is 0.902. The van der Waals surface area contributed by atoms with Gasteiger partial charge in [-0.05, 0) is 25.7 Å². The summed E-state index contributed by atoms with van der Waals surface area (Å²) >= 11 is 0. The normalized spacial score (nSPS) is 13.7. The fourth-order valence-corrected chi connectivity index (χ4v) is 15.3. The number of phosphoric acid groups is 2. The lowest BCUT2D eigenvalue weighted by molar-refractivity contribution is -0.161. The minimum absolute atomic E-state index is 0.109. The number of phosphoric ester groups is 2. The summed E-state index contributed by atoms with van der Waals surface area (Å²) in [6.45, 7) is 5.05. The van der Waals surface area contributed by atoms with Crippen molar-refractivity contribution in [2.45, 2.75) is 495 Å². The maximum absolute atomic E-state index is 13.1. The van der Waals surface area contributed by atoms with E-state index in [1.165, 1.54) is 308 Å². The summed E-state index contributed by atoms with van der Waals surface area (Å²) < 4.78 is 68.9. The number of aliphatic hydroxyl groups is 1. The number of aliphatic hydroxyl groups excluding tert-OH is 1. The van der Waals surface area contributed by atoms with Crippen molar-refractivity contribution in [2.24, 2.45) is 0 Å². The Bertz CT molecular complexity index is 2000. The van der Waals surface area contributed by atoms with E-state index in [0.717, 1.165) is 89.9 Å². The molecule has 0 aliphatic heterocycles. The third-order valence-electron chi connectivity index (χ3n) is 20.6. The highest BCUT2D eigenvalue weighted by molar-refractivity contribution is 7.47. The molecule has 0 fully saturated rings. The van der Waals surface area contributed by atoms with Crippen molar-refractivity contribution in [3.05, 3.63) is 0 Å². The molecule has 106 heavy (non-hydrogen) atoms. The van der Waals surface area contributed by atoms with Crippen LogP contribution in [-0.4, -0.2) is 96.7 Å². The largest absolute Gasteiger partial charge is 0.472 e. The van der Waals surface area contributed by atoms with Crippen LogP contribution in [0.4, 0.5) is 0 Å². The van der Waals surface area contributed by atoms with E-state index in [1.54, 1.807) is 0 Å². The van der Waals surface area contributed by atoms with Crippen LogP contribution in [0.2, 0.25) is 0 Å². The van der Waals surface area contributed by atoms with Gasteiger partial charge in [0, 0.05) is 25.7 Å². The predicted molar refractivity (Wildman–Crippen MR) is 437 cm³/mol. The number of rotatable bonds is 88. The number of carbonyl (C=O) groups is 4. The zero-order valence-corrected chi connectivity index (χ0v) is 71.2. The molecule has 0 spiro atoms. The highest BCUT2D eigenvalue weighted by Gasteiger charge is 2.30. The topological polar surface area (TPSA) is 237 Å². The lowest BCUT2D eigenvalue weighted by Gasteiger charge is -2.21. The molecule has 0 rings (SSSR count). The Labute approximate surface area is 651 Å². The second-order valence-corrected chi connectivity index (χ2v) is 34.2. The number of hydrogen-bond donors (Lipinski definition) is 3. The molecule has 0 bridgehead atoms. The molecule has 2 unspecified atom stereocenters. The maximum Gasteiger partial charge on any atom is 0.472 e. The molecule has 0 saturated carbocycles. The van der Waals surface area contributed by atoms with Gasteiger partial charge in [-0.2, -0.15) is 0 Å². The van der Waals surface area contributed by atoms with Crippen LogP contribution in [0.15, 0.2) is 0 Å². The van der Waals surface area contributed by atoms with E-state index in [2.05, 4.69) is 27.7 Å². The summed E-state index contributed by atoms with van der Waals surface area (Å²) in [5, 5.41) is 10.7. The molecule has 0 aromatic rings. The predicted octanol–water partition coefficient (Wildman–Crippen LogP) is 26.9. The molecule has 0 radical (unpaired) electrons. The molecule has 0 aromatic carbocycles. The number of esters is 4. The van der Waals surface area contributed by atoms with Gasteiger partial charge in [0.1, 0.15) is 19.3 Å². The van der Waals surface area contributed by atoms with Gasteiger partial charge < -0.3 is 33.8 Å².